The standard InChI is InChI=1S/C16H27N3O2/c1-18(2)12-7-11-17-16(21)19(3)13-10-15(20)14-8-5-4-6-9-14/h4-6,8-9,15,20H,7,10-13H2,1-3H3,(H,17,21)/t15-/m1/s1. The first-order chi connectivity index (χ1) is 10.0. The molecule has 1 aromatic carbocycles. The minimum absolute atomic E-state index is 0.0889. The highest BCUT2D eigenvalue weighted by Gasteiger charge is 2.12. The van der Waals surface area contributed by atoms with Crippen LogP contribution in [0.5, 0.6) is 0 Å². The first-order valence-electron chi connectivity index (χ1n) is 7.37. The van der Waals surface area contributed by atoms with Gasteiger partial charge in [0.2, 0.25) is 0 Å². The molecule has 21 heavy (non-hydrogen) atoms. The average Bonchev–Trinajstić information content (AvgIpc) is 2.49. The van der Waals surface area contributed by atoms with Gasteiger partial charge in [-0.05, 0) is 39.0 Å². The van der Waals surface area contributed by atoms with Gasteiger partial charge in [-0.2, -0.15) is 0 Å². The molecule has 0 aromatic heterocycles. The van der Waals surface area contributed by atoms with Crippen molar-refractivity contribution in [3.8, 4) is 0 Å². The highest BCUT2D eigenvalue weighted by molar-refractivity contribution is 5.73. The van der Waals surface area contributed by atoms with E-state index in [-0.39, 0.29) is 6.03 Å². The summed E-state index contributed by atoms with van der Waals surface area (Å²) in [5, 5.41) is 12.9. The molecule has 0 aliphatic carbocycles. The zero-order chi connectivity index (χ0) is 15.7. The third-order valence-corrected chi connectivity index (χ3v) is 3.33. The fraction of sp³-hybridized carbons (Fsp3) is 0.562. The highest BCUT2D eigenvalue weighted by atomic mass is 16.3. The maximum absolute atomic E-state index is 11.9. The predicted molar refractivity (Wildman–Crippen MR) is 85.2 cm³/mol. The van der Waals surface area contributed by atoms with Crippen molar-refractivity contribution in [1.29, 1.82) is 0 Å². The van der Waals surface area contributed by atoms with E-state index in [0.29, 0.717) is 19.5 Å². The molecule has 2 amide bonds. The SMILES string of the molecule is CN(C)CCCNC(=O)N(C)CC[C@@H](O)c1ccccc1. The van der Waals surface area contributed by atoms with Crippen molar-refractivity contribution in [2.45, 2.75) is 18.9 Å². The van der Waals surface area contributed by atoms with E-state index in [2.05, 4.69) is 10.2 Å². The van der Waals surface area contributed by atoms with Gasteiger partial charge in [0.25, 0.3) is 0 Å². The van der Waals surface area contributed by atoms with Gasteiger partial charge in [-0.1, -0.05) is 30.3 Å². The number of hydrogen-bond donors (Lipinski definition) is 2. The predicted octanol–water partition coefficient (Wildman–Crippen LogP) is 1.70. The molecule has 2 N–H and O–H groups in total. The maximum atomic E-state index is 11.9. The van der Waals surface area contributed by atoms with Crippen molar-refractivity contribution < 1.29 is 9.90 Å². The molecule has 0 unspecified atom stereocenters. The number of aliphatic hydroxyl groups is 1. The van der Waals surface area contributed by atoms with Crippen LogP contribution in [0.4, 0.5) is 4.79 Å². The van der Waals surface area contributed by atoms with Crippen LogP contribution in [0.25, 0.3) is 0 Å². The minimum atomic E-state index is -0.532. The van der Waals surface area contributed by atoms with Gasteiger partial charge in [-0.25, -0.2) is 4.79 Å². The lowest BCUT2D eigenvalue weighted by Crippen LogP contribution is -2.39. The van der Waals surface area contributed by atoms with Gasteiger partial charge in [-0.3, -0.25) is 0 Å². The maximum Gasteiger partial charge on any atom is 0.317 e. The van der Waals surface area contributed by atoms with E-state index in [4.69, 9.17) is 0 Å². The number of hydrogen-bond acceptors (Lipinski definition) is 3. The molecular weight excluding hydrogens is 266 g/mol. The molecule has 0 saturated heterocycles. The Hall–Kier alpha value is -1.59. The minimum Gasteiger partial charge on any atom is -0.388 e. The Labute approximate surface area is 127 Å². The Kier molecular flexibility index (Phi) is 7.79. The lowest BCUT2D eigenvalue weighted by Gasteiger charge is -2.20. The number of carbonyl (C=O) groups is 1. The van der Waals surface area contributed by atoms with Crippen molar-refractivity contribution in [2.75, 3.05) is 40.8 Å². The third kappa shape index (κ3) is 7.11. The Balaban J connectivity index is 2.23. The molecule has 0 aliphatic rings. The Morgan fingerprint density at radius 3 is 2.48 bits per heavy atom. The van der Waals surface area contributed by atoms with Crippen LogP contribution in [0.15, 0.2) is 30.3 Å². The van der Waals surface area contributed by atoms with E-state index in [9.17, 15) is 9.90 Å². The number of carbonyl (C=O) groups excluding carboxylic acids is 1. The van der Waals surface area contributed by atoms with Gasteiger partial charge in [-0.15, -0.1) is 0 Å². The van der Waals surface area contributed by atoms with E-state index >= 15 is 0 Å². The summed E-state index contributed by atoms with van der Waals surface area (Å²) in [4.78, 5) is 15.6. The molecule has 118 valence electrons. The lowest BCUT2D eigenvalue weighted by atomic mass is 10.1. The Morgan fingerprint density at radius 1 is 1.19 bits per heavy atom. The van der Waals surface area contributed by atoms with Crippen molar-refractivity contribution in [3.63, 3.8) is 0 Å². The van der Waals surface area contributed by atoms with E-state index in [1.54, 1.807) is 11.9 Å². The van der Waals surface area contributed by atoms with Crippen LogP contribution >= 0.6 is 0 Å². The summed E-state index contributed by atoms with van der Waals surface area (Å²) in [7, 11) is 5.77. The van der Waals surface area contributed by atoms with Gasteiger partial charge >= 0.3 is 6.03 Å². The lowest BCUT2D eigenvalue weighted by molar-refractivity contribution is 0.150. The van der Waals surface area contributed by atoms with Gasteiger partial charge in [0.1, 0.15) is 0 Å². The zero-order valence-corrected chi connectivity index (χ0v) is 13.2. The number of amides is 2. The second kappa shape index (κ2) is 9.37. The molecule has 0 aliphatic heterocycles. The monoisotopic (exact) mass is 293 g/mol. The van der Waals surface area contributed by atoms with Crippen LogP contribution in [0.3, 0.4) is 0 Å². The normalized spacial score (nSPS) is 12.2. The van der Waals surface area contributed by atoms with Crippen molar-refractivity contribution in [2.24, 2.45) is 0 Å². The molecule has 0 heterocycles. The Morgan fingerprint density at radius 2 is 1.86 bits per heavy atom. The number of nitrogens with one attached hydrogen (secondary N) is 1. The third-order valence-electron chi connectivity index (χ3n) is 3.33. The summed E-state index contributed by atoms with van der Waals surface area (Å²) in [6.07, 6.45) is 0.931. The smallest absolute Gasteiger partial charge is 0.317 e. The van der Waals surface area contributed by atoms with Crippen LogP contribution in [-0.4, -0.2) is 61.7 Å². The van der Waals surface area contributed by atoms with Crippen LogP contribution in [0.2, 0.25) is 0 Å². The van der Waals surface area contributed by atoms with Crippen molar-refractivity contribution in [3.05, 3.63) is 35.9 Å². The summed E-state index contributed by atoms with van der Waals surface area (Å²) in [6.45, 7) is 2.15. The van der Waals surface area contributed by atoms with Gasteiger partial charge < -0.3 is 20.2 Å². The van der Waals surface area contributed by atoms with E-state index < -0.39 is 6.10 Å². The molecule has 0 spiro atoms. The summed E-state index contributed by atoms with van der Waals surface area (Å²) in [6, 6.07) is 9.43. The van der Waals surface area contributed by atoms with E-state index in [0.717, 1.165) is 18.5 Å². The molecule has 0 saturated carbocycles. The summed E-state index contributed by atoms with van der Waals surface area (Å²) >= 11 is 0. The number of benzene rings is 1. The van der Waals surface area contributed by atoms with Gasteiger partial charge in [0.15, 0.2) is 0 Å². The molecule has 1 rings (SSSR count). The topological polar surface area (TPSA) is 55.8 Å². The molecule has 5 heteroatoms. The van der Waals surface area contributed by atoms with Crippen LogP contribution in [0.1, 0.15) is 24.5 Å². The average molecular weight is 293 g/mol. The summed E-state index contributed by atoms with van der Waals surface area (Å²) < 4.78 is 0. The Bertz CT molecular complexity index is 409. The number of aliphatic hydroxyl groups excluding tert-OH is 1. The number of rotatable bonds is 8. The van der Waals surface area contributed by atoms with Crippen LogP contribution in [-0.2, 0) is 0 Å². The second-order valence-corrected chi connectivity index (χ2v) is 5.53. The van der Waals surface area contributed by atoms with Gasteiger partial charge in [0, 0.05) is 20.1 Å². The molecule has 5 nitrogen and oxygen atoms in total. The summed E-state index contributed by atoms with van der Waals surface area (Å²) in [5.41, 5.74) is 0.886. The first-order valence-corrected chi connectivity index (χ1v) is 7.37. The molecular formula is C16H27N3O2. The number of nitrogens with zero attached hydrogens (tertiary/aromatic N) is 2. The fourth-order valence-electron chi connectivity index (χ4n) is 1.98. The van der Waals surface area contributed by atoms with E-state index in [1.807, 2.05) is 44.4 Å². The van der Waals surface area contributed by atoms with E-state index in [1.165, 1.54) is 0 Å². The van der Waals surface area contributed by atoms with Crippen LogP contribution in [0, 0.1) is 0 Å². The molecule has 1 aromatic rings. The van der Waals surface area contributed by atoms with Crippen LogP contribution < -0.4 is 5.32 Å². The second-order valence-electron chi connectivity index (χ2n) is 5.53. The van der Waals surface area contributed by atoms with Crippen molar-refractivity contribution in [1.82, 2.24) is 15.1 Å². The quantitative estimate of drug-likeness (QED) is 0.717. The molecule has 0 radical (unpaired) electrons. The highest BCUT2D eigenvalue weighted by Crippen LogP contribution is 2.15. The molecule has 1 atom stereocenters. The molecule has 0 fully saturated rings. The number of urea groups is 1. The van der Waals surface area contributed by atoms with Gasteiger partial charge in [0.05, 0.1) is 6.10 Å². The largest absolute Gasteiger partial charge is 0.388 e. The zero-order valence-electron chi connectivity index (χ0n) is 13.2. The molecule has 0 bridgehead atoms. The first kappa shape index (κ1) is 17.5. The van der Waals surface area contributed by atoms with Crippen molar-refractivity contribution >= 4 is 6.03 Å². The fourth-order valence-corrected chi connectivity index (χ4v) is 1.98. The summed E-state index contributed by atoms with van der Waals surface area (Å²) in [5.74, 6) is 0.